The first-order valence-electron chi connectivity index (χ1n) is 19.3. The SMILES string of the molecule is C=C/C=C\C(=N)c1ccc2c(c1)c1cc3c4c(c1n2-c1cc(C)ccn1)CCc1cc2c5cc(/C(N)=C/C=C\C)ccc5n(C(=N)/C=C(/C)C=C)c2c(c1-4)CC3. The molecular weight excluding hydrogens is 685 g/mol. The summed E-state index contributed by atoms with van der Waals surface area (Å²) in [5.74, 6) is 1.31. The molecule has 0 radical (unpaired) electrons. The van der Waals surface area contributed by atoms with E-state index in [-0.39, 0.29) is 0 Å². The minimum Gasteiger partial charge on any atom is -0.398 e. The number of nitrogens with one attached hydrogen (secondary N) is 2. The second-order valence-electron chi connectivity index (χ2n) is 15.0. The smallest absolute Gasteiger partial charge is 0.137 e. The van der Waals surface area contributed by atoms with Crippen molar-refractivity contribution in [3.05, 3.63) is 173 Å². The molecule has 4 N–H and O–H groups in total. The average Bonchev–Trinajstić information content (AvgIpc) is 3.72. The van der Waals surface area contributed by atoms with Gasteiger partial charge in [0.05, 0.1) is 27.8 Å². The van der Waals surface area contributed by atoms with E-state index in [1.54, 1.807) is 18.2 Å². The van der Waals surface area contributed by atoms with Gasteiger partial charge < -0.3 is 11.1 Å². The fourth-order valence-corrected chi connectivity index (χ4v) is 9.03. The van der Waals surface area contributed by atoms with E-state index in [2.05, 4.69) is 77.7 Å². The summed E-state index contributed by atoms with van der Waals surface area (Å²) in [7, 11) is 0. The Bertz CT molecular complexity index is 3020. The lowest BCUT2D eigenvalue weighted by Crippen LogP contribution is -2.17. The number of hydrogen-bond donors (Lipinski definition) is 3. The van der Waals surface area contributed by atoms with Crippen LogP contribution in [0.4, 0.5) is 0 Å². The Morgan fingerprint density at radius 1 is 0.786 bits per heavy atom. The molecule has 0 aliphatic heterocycles. The monoisotopic (exact) mass is 728 g/mol. The first kappa shape index (κ1) is 34.9. The maximum Gasteiger partial charge on any atom is 0.137 e. The molecule has 0 fully saturated rings. The van der Waals surface area contributed by atoms with Gasteiger partial charge in [-0.1, -0.05) is 55.7 Å². The predicted octanol–water partition coefficient (Wildman–Crippen LogP) is 11.4. The minimum absolute atomic E-state index is 0.413. The van der Waals surface area contributed by atoms with Crippen LogP contribution < -0.4 is 5.73 Å². The molecular formula is C50H44N6. The van der Waals surface area contributed by atoms with E-state index in [9.17, 15) is 5.41 Å². The molecule has 4 aromatic carbocycles. The van der Waals surface area contributed by atoms with Crippen LogP contribution in [0.25, 0.3) is 66.3 Å². The van der Waals surface area contributed by atoms with Crippen LogP contribution in [0, 0.1) is 17.7 Å². The standard InChI is InChI=1S/C50H44N6/c1-6-9-11-41(51)31-15-19-43-37(25-31)39-27-33-14-18-36-48-34(13-17-35(47(33)48)49(39)55(43)45(53)23-29(4)8-3)28-40-38-26-32(42(52)12-10-7-2)16-20-44(38)56(50(36)40)46-24-30(5)21-22-54-46/h6-12,15-16,19-28,52-53H,2-3,13-14,17-18,51H2,1,4-5H3/b9-6-,12-10-,29-23-,41-11-,52-42?,53-45?. The average molecular weight is 729 g/mol. The Balaban J connectivity index is 1.37. The largest absolute Gasteiger partial charge is 0.398 e. The lowest BCUT2D eigenvalue weighted by Gasteiger charge is -2.31. The summed E-state index contributed by atoms with van der Waals surface area (Å²) in [6.07, 6.45) is 20.4. The summed E-state index contributed by atoms with van der Waals surface area (Å²) in [6, 6.07) is 21.8. The molecule has 0 atom stereocenters. The highest BCUT2D eigenvalue weighted by atomic mass is 15.1. The van der Waals surface area contributed by atoms with Gasteiger partial charge in [-0.3, -0.25) is 14.5 Å². The van der Waals surface area contributed by atoms with Crippen LogP contribution in [0.3, 0.4) is 0 Å². The molecule has 2 aliphatic carbocycles. The number of aromatic nitrogens is 3. The van der Waals surface area contributed by atoms with E-state index in [0.29, 0.717) is 17.2 Å². The lowest BCUT2D eigenvalue weighted by molar-refractivity contribution is 0.883. The summed E-state index contributed by atoms with van der Waals surface area (Å²) in [6.45, 7) is 13.9. The van der Waals surface area contributed by atoms with Gasteiger partial charge in [0.15, 0.2) is 0 Å². The molecule has 7 aromatic rings. The van der Waals surface area contributed by atoms with Gasteiger partial charge in [-0.15, -0.1) is 0 Å². The van der Waals surface area contributed by atoms with E-state index >= 15 is 0 Å². The maximum absolute atomic E-state index is 9.50. The summed E-state index contributed by atoms with van der Waals surface area (Å²) in [5.41, 5.74) is 24.0. The van der Waals surface area contributed by atoms with Crippen LogP contribution in [-0.4, -0.2) is 25.7 Å². The molecule has 6 nitrogen and oxygen atoms in total. The summed E-state index contributed by atoms with van der Waals surface area (Å²) < 4.78 is 4.49. The van der Waals surface area contributed by atoms with Gasteiger partial charge in [-0.05, 0) is 163 Å². The minimum atomic E-state index is 0.413. The highest BCUT2D eigenvalue weighted by Crippen LogP contribution is 2.51. The van der Waals surface area contributed by atoms with Gasteiger partial charge in [0.1, 0.15) is 11.7 Å². The van der Waals surface area contributed by atoms with Gasteiger partial charge in [-0.25, -0.2) is 4.98 Å². The zero-order chi connectivity index (χ0) is 38.8. The first-order valence-corrected chi connectivity index (χ1v) is 19.3. The van der Waals surface area contributed by atoms with Crippen LogP contribution in [0.5, 0.6) is 0 Å². The second-order valence-corrected chi connectivity index (χ2v) is 15.0. The van der Waals surface area contributed by atoms with Crippen molar-refractivity contribution in [3.63, 3.8) is 0 Å². The van der Waals surface area contributed by atoms with Crippen molar-refractivity contribution in [1.82, 2.24) is 14.1 Å². The Kier molecular flexibility index (Phi) is 8.43. The highest BCUT2D eigenvalue weighted by Gasteiger charge is 2.33. The van der Waals surface area contributed by atoms with Crippen molar-refractivity contribution in [1.29, 1.82) is 10.8 Å². The number of allylic oxidation sites excluding steroid dienone is 9. The fraction of sp³-hybridized carbons (Fsp3) is 0.140. The van der Waals surface area contributed by atoms with Gasteiger partial charge >= 0.3 is 0 Å². The van der Waals surface area contributed by atoms with Crippen LogP contribution in [0.1, 0.15) is 52.8 Å². The zero-order valence-electron chi connectivity index (χ0n) is 32.1. The Hall–Kier alpha value is -6.79. The zero-order valence-corrected chi connectivity index (χ0v) is 32.1. The molecule has 0 saturated carbocycles. The summed E-state index contributed by atoms with van der Waals surface area (Å²) >= 11 is 0. The number of hydrogen-bond acceptors (Lipinski definition) is 4. The molecule has 0 saturated heterocycles. The quantitative estimate of drug-likeness (QED) is 0.0825. The van der Waals surface area contributed by atoms with Crippen LogP contribution in [0.15, 0.2) is 134 Å². The lowest BCUT2D eigenvalue weighted by atomic mass is 9.74. The van der Waals surface area contributed by atoms with Crippen molar-refractivity contribution in [2.24, 2.45) is 5.73 Å². The molecule has 274 valence electrons. The van der Waals surface area contributed by atoms with Gasteiger partial charge in [-0.2, -0.15) is 0 Å². The molecule has 0 unspecified atom stereocenters. The molecule has 0 amide bonds. The van der Waals surface area contributed by atoms with Gasteiger partial charge in [0.2, 0.25) is 0 Å². The van der Waals surface area contributed by atoms with E-state index in [0.717, 1.165) is 86.5 Å². The Morgan fingerprint density at radius 3 is 2.14 bits per heavy atom. The fourth-order valence-electron chi connectivity index (χ4n) is 9.03. The Labute approximate surface area is 327 Å². The van der Waals surface area contributed by atoms with Crippen LogP contribution in [-0.2, 0) is 25.7 Å². The van der Waals surface area contributed by atoms with Crippen molar-refractivity contribution in [2.75, 3.05) is 0 Å². The maximum atomic E-state index is 9.50. The third-order valence-electron chi connectivity index (χ3n) is 11.6. The van der Waals surface area contributed by atoms with E-state index in [4.69, 9.17) is 16.1 Å². The normalized spacial score (nSPS) is 14.1. The number of fused-ring (bicyclic) bond motifs is 8. The number of aryl methyl sites for hydroxylation is 5. The summed E-state index contributed by atoms with van der Waals surface area (Å²) in [4.78, 5) is 4.93. The van der Waals surface area contributed by atoms with Crippen molar-refractivity contribution in [3.8, 4) is 16.9 Å². The molecule has 3 aromatic heterocycles. The second kappa shape index (κ2) is 13.5. The van der Waals surface area contributed by atoms with Crippen molar-refractivity contribution < 1.29 is 0 Å². The number of rotatable bonds is 8. The molecule has 0 bridgehead atoms. The number of pyridine rings is 1. The predicted molar refractivity (Wildman–Crippen MR) is 237 cm³/mol. The van der Waals surface area contributed by atoms with Gasteiger partial charge in [0.25, 0.3) is 0 Å². The highest BCUT2D eigenvalue weighted by molar-refractivity contribution is 6.20. The summed E-state index contributed by atoms with van der Waals surface area (Å²) in [5, 5.41) is 22.9. The number of benzene rings is 4. The molecule has 56 heavy (non-hydrogen) atoms. The third-order valence-corrected chi connectivity index (χ3v) is 11.6. The van der Waals surface area contributed by atoms with Crippen molar-refractivity contribution >= 4 is 60.9 Å². The van der Waals surface area contributed by atoms with Crippen LogP contribution >= 0.6 is 0 Å². The third kappa shape index (κ3) is 5.35. The Morgan fingerprint density at radius 2 is 1.45 bits per heavy atom. The van der Waals surface area contributed by atoms with E-state index in [1.165, 1.54) is 44.3 Å². The van der Waals surface area contributed by atoms with Gasteiger partial charge in [0, 0.05) is 39.0 Å². The topological polar surface area (TPSA) is 96.5 Å². The molecule has 3 heterocycles. The molecule has 2 aliphatic rings. The molecule has 9 rings (SSSR count). The van der Waals surface area contributed by atoms with Crippen molar-refractivity contribution in [2.45, 2.75) is 46.5 Å². The number of nitrogens with zero attached hydrogens (tertiary/aromatic N) is 3. The van der Waals surface area contributed by atoms with E-state index < -0.39 is 0 Å². The van der Waals surface area contributed by atoms with Crippen LogP contribution in [0.2, 0.25) is 0 Å². The molecule has 0 spiro atoms. The number of nitrogens with two attached hydrogens (primary N) is 1. The van der Waals surface area contributed by atoms with E-state index in [1.807, 2.05) is 62.6 Å². The molecule has 6 heteroatoms. The first-order chi connectivity index (χ1) is 27.2.